The van der Waals surface area contributed by atoms with Crippen LogP contribution < -0.4 is 4.90 Å². The topological polar surface area (TPSA) is 26.8 Å². The van der Waals surface area contributed by atoms with Crippen molar-refractivity contribution in [2.75, 3.05) is 44.2 Å². The van der Waals surface area contributed by atoms with Crippen LogP contribution in [0.1, 0.15) is 37.7 Å². The maximum absolute atomic E-state index is 12.8. The molecule has 2 aromatic carbocycles. The smallest absolute Gasteiger partial charge is 0.222 e. The lowest BCUT2D eigenvalue weighted by atomic mass is 10.0. The molecule has 0 aliphatic carbocycles. The minimum absolute atomic E-state index is 0.357. The quantitative estimate of drug-likeness (QED) is 0.646. The van der Waals surface area contributed by atoms with Crippen molar-refractivity contribution < 1.29 is 4.79 Å². The molecular weight excluding hydrogens is 370 g/mol. The largest absolute Gasteiger partial charge is 0.369 e. The van der Waals surface area contributed by atoms with Gasteiger partial charge in [-0.15, -0.1) is 0 Å². The second kappa shape index (κ2) is 10.6. The van der Waals surface area contributed by atoms with Crippen molar-refractivity contribution in [2.24, 2.45) is 0 Å². The highest BCUT2D eigenvalue weighted by Crippen LogP contribution is 2.21. The lowest BCUT2D eigenvalue weighted by Crippen LogP contribution is -2.55. The second-order valence-electron chi connectivity index (χ2n) is 8.69. The van der Waals surface area contributed by atoms with Crippen LogP contribution in [0.15, 0.2) is 60.7 Å². The van der Waals surface area contributed by atoms with E-state index in [9.17, 15) is 4.79 Å². The van der Waals surface area contributed by atoms with Crippen LogP contribution in [0.25, 0.3) is 0 Å². The van der Waals surface area contributed by atoms with Gasteiger partial charge in [0.15, 0.2) is 0 Å². The molecule has 1 atom stereocenters. The number of unbranched alkanes of at least 4 members (excludes halogenated alkanes) is 1. The molecule has 4 rings (SSSR count). The maximum atomic E-state index is 12.8. The first-order valence-electron chi connectivity index (χ1n) is 11.7. The molecule has 1 amide bonds. The lowest BCUT2D eigenvalue weighted by Gasteiger charge is -2.44. The van der Waals surface area contributed by atoms with Crippen LogP contribution in [-0.2, 0) is 11.2 Å². The number of amides is 1. The van der Waals surface area contributed by atoms with Crippen LogP contribution in [0.3, 0.4) is 0 Å². The average Bonchev–Trinajstić information content (AvgIpc) is 2.83. The molecule has 2 saturated heterocycles. The minimum atomic E-state index is 0.357. The molecule has 2 aliphatic rings. The Labute approximate surface area is 181 Å². The number of aryl methyl sites for hydroxylation is 1. The van der Waals surface area contributed by atoms with Crippen LogP contribution in [-0.4, -0.2) is 61.0 Å². The van der Waals surface area contributed by atoms with Crippen molar-refractivity contribution in [1.29, 1.82) is 0 Å². The summed E-state index contributed by atoms with van der Waals surface area (Å²) in [5.74, 6) is 0.357. The number of benzene rings is 2. The Morgan fingerprint density at radius 2 is 1.53 bits per heavy atom. The van der Waals surface area contributed by atoms with Crippen LogP contribution in [0.4, 0.5) is 5.69 Å². The molecular formula is C26H35N3O. The zero-order valence-corrected chi connectivity index (χ0v) is 18.1. The molecule has 0 spiro atoms. The molecule has 0 unspecified atom stereocenters. The fraction of sp³-hybridized carbons (Fsp3) is 0.500. The van der Waals surface area contributed by atoms with E-state index >= 15 is 0 Å². The standard InChI is InChI=1S/C26H35N3O/c30-26(16-8-7-12-23-10-3-1-4-11-23)29-17-9-15-25(22-29)28-20-18-27(19-21-28)24-13-5-2-6-14-24/h1-6,10-11,13-14,25H,7-9,12,15-22H2/t25-/m0/s1. The van der Waals surface area contributed by atoms with Gasteiger partial charge in [0.05, 0.1) is 0 Å². The van der Waals surface area contributed by atoms with Gasteiger partial charge >= 0.3 is 0 Å². The normalized spacial score (nSPS) is 20.3. The van der Waals surface area contributed by atoms with Crippen LogP contribution >= 0.6 is 0 Å². The summed E-state index contributed by atoms with van der Waals surface area (Å²) < 4.78 is 0. The van der Waals surface area contributed by atoms with E-state index in [1.54, 1.807) is 0 Å². The van der Waals surface area contributed by atoms with Gasteiger partial charge in [-0.2, -0.15) is 0 Å². The number of rotatable bonds is 7. The van der Waals surface area contributed by atoms with Crippen LogP contribution in [0, 0.1) is 0 Å². The first-order valence-corrected chi connectivity index (χ1v) is 11.7. The van der Waals surface area contributed by atoms with E-state index in [-0.39, 0.29) is 0 Å². The van der Waals surface area contributed by atoms with Gasteiger partial charge in [-0.1, -0.05) is 48.5 Å². The van der Waals surface area contributed by atoms with Gasteiger partial charge in [0.25, 0.3) is 0 Å². The molecule has 160 valence electrons. The highest BCUT2D eigenvalue weighted by Gasteiger charge is 2.29. The predicted octanol–water partition coefficient (Wildman–Crippen LogP) is 4.21. The number of para-hydroxylation sites is 1. The monoisotopic (exact) mass is 405 g/mol. The first kappa shape index (κ1) is 20.9. The highest BCUT2D eigenvalue weighted by molar-refractivity contribution is 5.76. The predicted molar refractivity (Wildman–Crippen MR) is 124 cm³/mol. The third kappa shape index (κ3) is 5.63. The number of carbonyl (C=O) groups excluding carboxylic acids is 1. The zero-order chi connectivity index (χ0) is 20.6. The first-order chi connectivity index (χ1) is 14.8. The third-order valence-electron chi connectivity index (χ3n) is 6.65. The van der Waals surface area contributed by atoms with E-state index in [1.165, 1.54) is 17.7 Å². The summed E-state index contributed by atoms with van der Waals surface area (Å²) in [6.07, 6.45) is 6.21. The summed E-state index contributed by atoms with van der Waals surface area (Å²) in [6, 6.07) is 21.8. The Hall–Kier alpha value is -2.33. The van der Waals surface area contributed by atoms with Gasteiger partial charge in [0.2, 0.25) is 5.91 Å². The molecule has 0 saturated carbocycles. The third-order valence-corrected chi connectivity index (χ3v) is 6.65. The van der Waals surface area contributed by atoms with Gasteiger partial charge in [0, 0.05) is 57.4 Å². The van der Waals surface area contributed by atoms with Gasteiger partial charge in [-0.05, 0) is 49.8 Å². The van der Waals surface area contributed by atoms with Crippen LogP contribution in [0.5, 0.6) is 0 Å². The summed E-state index contributed by atoms with van der Waals surface area (Å²) in [7, 11) is 0. The molecule has 30 heavy (non-hydrogen) atoms. The van der Waals surface area contributed by atoms with Gasteiger partial charge in [-0.25, -0.2) is 0 Å². The van der Waals surface area contributed by atoms with Crippen molar-refractivity contribution in [3.8, 4) is 0 Å². The number of likely N-dealkylation sites (tertiary alicyclic amines) is 1. The van der Waals surface area contributed by atoms with E-state index < -0.39 is 0 Å². The summed E-state index contributed by atoms with van der Waals surface area (Å²) in [4.78, 5) is 20.0. The lowest BCUT2D eigenvalue weighted by molar-refractivity contribution is -0.133. The van der Waals surface area contributed by atoms with E-state index in [1.807, 2.05) is 0 Å². The molecule has 2 aromatic rings. The summed E-state index contributed by atoms with van der Waals surface area (Å²) in [6.45, 7) is 6.21. The number of carbonyl (C=O) groups is 1. The molecule has 0 aromatic heterocycles. The maximum Gasteiger partial charge on any atom is 0.222 e. The van der Waals surface area contributed by atoms with Crippen LogP contribution in [0.2, 0.25) is 0 Å². The average molecular weight is 406 g/mol. The van der Waals surface area contributed by atoms with E-state index in [0.29, 0.717) is 18.4 Å². The van der Waals surface area contributed by atoms with Gasteiger partial charge in [-0.3, -0.25) is 9.69 Å². The fourth-order valence-corrected chi connectivity index (χ4v) is 4.87. The van der Waals surface area contributed by atoms with Crippen molar-refractivity contribution in [1.82, 2.24) is 9.80 Å². The van der Waals surface area contributed by atoms with Crippen molar-refractivity contribution in [3.63, 3.8) is 0 Å². The van der Waals surface area contributed by atoms with E-state index in [0.717, 1.165) is 65.0 Å². The molecule has 4 nitrogen and oxygen atoms in total. The molecule has 0 bridgehead atoms. The van der Waals surface area contributed by atoms with Crippen molar-refractivity contribution in [3.05, 3.63) is 66.2 Å². The van der Waals surface area contributed by atoms with Crippen molar-refractivity contribution >= 4 is 11.6 Å². The number of nitrogens with zero attached hydrogens (tertiary/aromatic N) is 3. The number of hydrogen-bond acceptors (Lipinski definition) is 3. The van der Waals surface area contributed by atoms with Crippen molar-refractivity contribution in [2.45, 2.75) is 44.6 Å². The second-order valence-corrected chi connectivity index (χ2v) is 8.69. The Kier molecular flexibility index (Phi) is 7.41. The highest BCUT2D eigenvalue weighted by atomic mass is 16.2. The SMILES string of the molecule is O=C(CCCCc1ccccc1)N1CCC[C@H](N2CCN(c3ccccc3)CC2)C1. The minimum Gasteiger partial charge on any atom is -0.369 e. The molecule has 2 fully saturated rings. The molecule has 0 radical (unpaired) electrons. The molecule has 2 aliphatic heterocycles. The number of piperazine rings is 1. The Balaban J connectivity index is 1.19. The number of piperidine rings is 1. The van der Waals surface area contributed by atoms with Gasteiger partial charge in [0.1, 0.15) is 0 Å². The Bertz CT molecular complexity index is 771. The molecule has 4 heteroatoms. The molecule has 0 N–H and O–H groups in total. The fourth-order valence-electron chi connectivity index (χ4n) is 4.87. The molecule has 2 heterocycles. The summed E-state index contributed by atoms with van der Waals surface area (Å²) >= 11 is 0. The Morgan fingerprint density at radius 3 is 2.27 bits per heavy atom. The zero-order valence-electron chi connectivity index (χ0n) is 18.1. The van der Waals surface area contributed by atoms with E-state index in [4.69, 9.17) is 0 Å². The summed E-state index contributed by atoms with van der Waals surface area (Å²) in [5, 5.41) is 0. The summed E-state index contributed by atoms with van der Waals surface area (Å²) in [5.41, 5.74) is 2.70. The van der Waals surface area contributed by atoms with Gasteiger partial charge < -0.3 is 9.80 Å². The Morgan fingerprint density at radius 1 is 0.833 bits per heavy atom. The number of hydrogen-bond donors (Lipinski definition) is 0. The van der Waals surface area contributed by atoms with E-state index in [2.05, 4.69) is 75.4 Å². The number of anilines is 1.